The van der Waals surface area contributed by atoms with Gasteiger partial charge in [0.2, 0.25) is 0 Å². The van der Waals surface area contributed by atoms with E-state index in [1.165, 1.54) is 0 Å². The summed E-state index contributed by atoms with van der Waals surface area (Å²) in [5.41, 5.74) is 9.80. The second-order valence-electron chi connectivity index (χ2n) is 7.69. The quantitative estimate of drug-likeness (QED) is 0.351. The average Bonchev–Trinajstić information content (AvgIpc) is 2.61. The summed E-state index contributed by atoms with van der Waals surface area (Å²) in [6, 6.07) is 4.90. The van der Waals surface area contributed by atoms with Gasteiger partial charge in [-0.25, -0.2) is 9.59 Å². The van der Waals surface area contributed by atoms with Crippen molar-refractivity contribution in [3.05, 3.63) is 24.3 Å². The van der Waals surface area contributed by atoms with Gasteiger partial charge in [0.1, 0.15) is 17.4 Å². The van der Waals surface area contributed by atoms with Crippen molar-refractivity contribution >= 4 is 35.5 Å². The predicted molar refractivity (Wildman–Crippen MR) is 109 cm³/mol. The number of carbonyl (C=O) groups excluding carboxylic acids is 3. The number of carboxylic acids is 1. The first-order valence-electron chi connectivity index (χ1n) is 9.29. The Morgan fingerprint density at radius 3 is 2.52 bits per heavy atom. The van der Waals surface area contributed by atoms with Crippen LogP contribution in [-0.2, 0) is 19.1 Å². The zero-order valence-corrected chi connectivity index (χ0v) is 17.3. The molecule has 1 aromatic rings. The molecule has 1 aromatic carbocycles. The maximum Gasteiger partial charge on any atom is 0.408 e. The molecule has 1 heterocycles. The molecule has 31 heavy (non-hydrogen) atoms. The summed E-state index contributed by atoms with van der Waals surface area (Å²) < 4.78 is 10.7. The smallest absolute Gasteiger partial charge is 0.408 e. The molecular formula is C19H25N5O7. The standard InChI is InChI=1S/C19H25N5O7/c1-19(2,3)31-18(29)22-10(16(27)28)9-24-11-6-4-5-7-12(11)30-13(15(24)26)8-14(25)23-17(20)21/h4-7,10,13H,8-9H2,1-3H3,(H,22,29)(H,27,28)(H4,20,21,23,25)/t10-,13?/m0/s1. The van der Waals surface area contributed by atoms with Crippen LogP contribution >= 0.6 is 0 Å². The van der Waals surface area contributed by atoms with E-state index in [1.807, 2.05) is 0 Å². The van der Waals surface area contributed by atoms with Crippen LogP contribution in [0.4, 0.5) is 10.5 Å². The number of hydrogen-bond donors (Lipinski definition) is 4. The van der Waals surface area contributed by atoms with Crippen LogP contribution < -0.4 is 26.4 Å². The molecule has 1 aliphatic rings. The third-order valence-electron chi connectivity index (χ3n) is 3.93. The maximum atomic E-state index is 13.0. The van der Waals surface area contributed by atoms with Crippen molar-refractivity contribution in [2.45, 2.75) is 44.9 Å². The minimum absolute atomic E-state index is 0.256. The summed E-state index contributed by atoms with van der Waals surface area (Å²) in [7, 11) is 0. The number of alkyl carbamates (subject to hydrolysis) is 1. The fourth-order valence-corrected chi connectivity index (χ4v) is 2.76. The minimum Gasteiger partial charge on any atom is -0.480 e. The summed E-state index contributed by atoms with van der Waals surface area (Å²) >= 11 is 0. The van der Waals surface area contributed by atoms with Gasteiger partial charge in [-0.3, -0.25) is 9.59 Å². The topological polar surface area (TPSA) is 187 Å². The van der Waals surface area contributed by atoms with Crippen LogP contribution in [0.15, 0.2) is 29.3 Å². The summed E-state index contributed by atoms with van der Waals surface area (Å²) in [4.78, 5) is 53.2. The predicted octanol–water partition coefficient (Wildman–Crippen LogP) is -0.0514. The molecule has 0 fully saturated rings. The van der Waals surface area contributed by atoms with Crippen LogP contribution in [0.1, 0.15) is 27.2 Å². The number of aliphatic carboxylic acids is 1. The number of rotatable bonds is 6. The number of nitrogens with two attached hydrogens (primary N) is 2. The van der Waals surface area contributed by atoms with Crippen LogP contribution in [0.3, 0.4) is 0 Å². The van der Waals surface area contributed by atoms with E-state index >= 15 is 0 Å². The van der Waals surface area contributed by atoms with E-state index in [4.69, 9.17) is 20.9 Å². The average molecular weight is 435 g/mol. The number of carbonyl (C=O) groups is 4. The molecule has 1 aliphatic heterocycles. The fourth-order valence-electron chi connectivity index (χ4n) is 2.76. The van der Waals surface area contributed by atoms with Crippen molar-refractivity contribution in [1.82, 2.24) is 5.32 Å². The van der Waals surface area contributed by atoms with E-state index in [0.29, 0.717) is 0 Å². The second-order valence-corrected chi connectivity index (χ2v) is 7.69. The fraction of sp³-hybridized carbons (Fsp3) is 0.421. The van der Waals surface area contributed by atoms with Gasteiger partial charge in [-0.05, 0) is 32.9 Å². The molecule has 0 spiro atoms. The maximum absolute atomic E-state index is 13.0. The van der Waals surface area contributed by atoms with Gasteiger partial charge >= 0.3 is 12.1 Å². The van der Waals surface area contributed by atoms with Gasteiger partial charge < -0.3 is 36.3 Å². The van der Waals surface area contributed by atoms with Crippen LogP contribution in [0.2, 0.25) is 0 Å². The molecule has 12 heteroatoms. The SMILES string of the molecule is CC(C)(C)OC(=O)N[C@@H](CN1C(=O)C(CC(=O)N=C(N)N)Oc2ccccc21)C(=O)O. The monoisotopic (exact) mass is 435 g/mol. The number of hydrogen-bond acceptors (Lipinski definition) is 6. The second kappa shape index (κ2) is 9.32. The van der Waals surface area contributed by atoms with Crippen molar-refractivity contribution in [3.63, 3.8) is 0 Å². The van der Waals surface area contributed by atoms with Gasteiger partial charge in [0.05, 0.1) is 18.7 Å². The van der Waals surface area contributed by atoms with E-state index in [2.05, 4.69) is 10.3 Å². The van der Waals surface area contributed by atoms with Crippen LogP contribution in [-0.4, -0.2) is 59.2 Å². The lowest BCUT2D eigenvalue weighted by molar-refractivity contribution is -0.139. The summed E-state index contributed by atoms with van der Waals surface area (Å²) in [6.07, 6.45) is -2.69. The summed E-state index contributed by atoms with van der Waals surface area (Å²) in [5.74, 6) is -3.05. The largest absolute Gasteiger partial charge is 0.480 e. The summed E-state index contributed by atoms with van der Waals surface area (Å²) in [6.45, 7) is 4.45. The number of fused-ring (bicyclic) bond motifs is 1. The van der Waals surface area contributed by atoms with E-state index in [0.717, 1.165) is 4.90 Å². The number of guanidine groups is 1. The van der Waals surface area contributed by atoms with Gasteiger partial charge in [-0.2, -0.15) is 4.99 Å². The molecule has 0 saturated heterocycles. The number of benzene rings is 1. The lowest BCUT2D eigenvalue weighted by Crippen LogP contribution is -2.55. The Morgan fingerprint density at radius 2 is 1.94 bits per heavy atom. The third kappa shape index (κ3) is 6.59. The van der Waals surface area contributed by atoms with Crippen molar-refractivity contribution in [1.29, 1.82) is 0 Å². The van der Waals surface area contributed by atoms with Crippen molar-refractivity contribution in [2.24, 2.45) is 16.5 Å². The lowest BCUT2D eigenvalue weighted by Gasteiger charge is -2.35. The molecule has 0 bridgehead atoms. The number of anilines is 1. The number of nitrogens with zero attached hydrogens (tertiary/aromatic N) is 2. The Morgan fingerprint density at radius 1 is 1.29 bits per heavy atom. The molecule has 2 rings (SSSR count). The highest BCUT2D eigenvalue weighted by molar-refractivity contribution is 6.03. The molecule has 0 saturated carbocycles. The Balaban J connectivity index is 2.27. The molecule has 3 amide bonds. The van der Waals surface area contributed by atoms with Crippen LogP contribution in [0.5, 0.6) is 5.75 Å². The number of carboxylic acid groups (broad SMARTS) is 1. The van der Waals surface area contributed by atoms with E-state index in [9.17, 15) is 24.3 Å². The zero-order valence-electron chi connectivity index (χ0n) is 17.3. The molecule has 2 atom stereocenters. The Labute approximate surface area is 178 Å². The van der Waals surface area contributed by atoms with Gasteiger partial charge in [0.25, 0.3) is 11.8 Å². The van der Waals surface area contributed by atoms with Crippen LogP contribution in [0, 0.1) is 0 Å². The first-order valence-corrected chi connectivity index (χ1v) is 9.29. The highest BCUT2D eigenvalue weighted by Crippen LogP contribution is 2.34. The molecule has 0 radical (unpaired) electrons. The molecule has 168 valence electrons. The number of para-hydroxylation sites is 2. The lowest BCUT2D eigenvalue weighted by atomic mass is 10.1. The molecule has 6 N–H and O–H groups in total. The normalized spacial score (nSPS) is 16.4. The van der Waals surface area contributed by atoms with Crippen LogP contribution in [0.25, 0.3) is 0 Å². The molecule has 0 aliphatic carbocycles. The molecular weight excluding hydrogens is 410 g/mol. The minimum atomic E-state index is -1.49. The number of amides is 3. The van der Waals surface area contributed by atoms with Crippen molar-refractivity contribution < 1.29 is 33.8 Å². The van der Waals surface area contributed by atoms with E-state index in [-0.39, 0.29) is 11.4 Å². The summed E-state index contributed by atoms with van der Waals surface area (Å²) in [5, 5.41) is 11.8. The van der Waals surface area contributed by atoms with E-state index in [1.54, 1.807) is 45.0 Å². The Hall–Kier alpha value is -3.83. The van der Waals surface area contributed by atoms with Crippen molar-refractivity contribution in [2.75, 3.05) is 11.4 Å². The highest BCUT2D eigenvalue weighted by atomic mass is 16.6. The van der Waals surface area contributed by atoms with Gasteiger partial charge in [0.15, 0.2) is 12.1 Å². The Kier molecular flexibility index (Phi) is 7.05. The highest BCUT2D eigenvalue weighted by Gasteiger charge is 2.38. The molecule has 1 unspecified atom stereocenters. The van der Waals surface area contributed by atoms with Gasteiger partial charge in [0, 0.05) is 0 Å². The van der Waals surface area contributed by atoms with Gasteiger partial charge in [-0.15, -0.1) is 0 Å². The third-order valence-corrected chi connectivity index (χ3v) is 3.93. The number of aliphatic imine (C=N–C) groups is 1. The molecule has 0 aromatic heterocycles. The van der Waals surface area contributed by atoms with E-state index < -0.39 is 60.5 Å². The van der Waals surface area contributed by atoms with Crippen molar-refractivity contribution in [3.8, 4) is 5.75 Å². The number of ether oxygens (including phenoxy) is 2. The first kappa shape index (κ1) is 23.4. The molecule has 12 nitrogen and oxygen atoms in total. The van der Waals surface area contributed by atoms with Gasteiger partial charge in [-0.1, -0.05) is 12.1 Å². The zero-order chi connectivity index (χ0) is 23.3. The Bertz CT molecular complexity index is 905. The first-order chi connectivity index (χ1) is 14.4. The number of nitrogens with one attached hydrogen (secondary N) is 1.